The first-order valence-corrected chi connectivity index (χ1v) is 6.58. The monoisotopic (exact) mass is 296 g/mol. The van der Waals surface area contributed by atoms with Gasteiger partial charge in [-0.05, 0) is 30.7 Å². The van der Waals surface area contributed by atoms with E-state index in [-0.39, 0.29) is 16.8 Å². The Morgan fingerprint density at radius 2 is 2.30 bits per heavy atom. The predicted octanol–water partition coefficient (Wildman–Crippen LogP) is 1.84. The van der Waals surface area contributed by atoms with Gasteiger partial charge in [-0.3, -0.25) is 9.59 Å². The van der Waals surface area contributed by atoms with Crippen LogP contribution in [-0.2, 0) is 9.59 Å². The van der Waals surface area contributed by atoms with Crippen LogP contribution >= 0.6 is 11.6 Å². The van der Waals surface area contributed by atoms with Gasteiger partial charge in [-0.2, -0.15) is 0 Å². The van der Waals surface area contributed by atoms with Gasteiger partial charge in [0.2, 0.25) is 11.8 Å². The van der Waals surface area contributed by atoms with Crippen molar-refractivity contribution in [1.82, 2.24) is 10.2 Å². The quantitative estimate of drug-likeness (QED) is 0.847. The van der Waals surface area contributed by atoms with Gasteiger partial charge in [0, 0.05) is 19.2 Å². The molecule has 1 N–H and O–H groups in total. The molecule has 1 aromatic rings. The standard InChI is InChI=1S/C14H14ClFN2O2/c1-9-14(20)17-6-7-18(9)13(19)5-3-10-2-4-12(16)11(15)8-10/h2-5,8-9H,6-7H2,1H3,(H,17,20)/b5-3+/t9-/m0/s1. The highest BCUT2D eigenvalue weighted by atomic mass is 35.5. The lowest BCUT2D eigenvalue weighted by Crippen LogP contribution is -2.55. The molecule has 0 aromatic heterocycles. The Morgan fingerprint density at radius 1 is 1.55 bits per heavy atom. The smallest absolute Gasteiger partial charge is 0.247 e. The van der Waals surface area contributed by atoms with Crippen LogP contribution in [0.5, 0.6) is 0 Å². The Hall–Kier alpha value is -1.88. The number of nitrogens with zero attached hydrogens (tertiary/aromatic N) is 1. The number of halogens is 2. The molecule has 20 heavy (non-hydrogen) atoms. The molecule has 0 unspecified atom stereocenters. The molecule has 4 nitrogen and oxygen atoms in total. The first-order chi connectivity index (χ1) is 9.49. The highest BCUT2D eigenvalue weighted by Crippen LogP contribution is 2.17. The molecule has 2 rings (SSSR count). The topological polar surface area (TPSA) is 49.4 Å². The molecule has 1 aliphatic heterocycles. The third kappa shape index (κ3) is 3.17. The van der Waals surface area contributed by atoms with E-state index in [2.05, 4.69) is 5.32 Å². The summed E-state index contributed by atoms with van der Waals surface area (Å²) in [7, 11) is 0. The molecule has 1 heterocycles. The summed E-state index contributed by atoms with van der Waals surface area (Å²) in [5.74, 6) is -0.924. The molecule has 0 radical (unpaired) electrons. The second-order valence-corrected chi connectivity index (χ2v) is 4.91. The average molecular weight is 297 g/mol. The largest absolute Gasteiger partial charge is 0.353 e. The van der Waals surface area contributed by atoms with Gasteiger partial charge < -0.3 is 10.2 Å². The molecule has 0 saturated carbocycles. The molecule has 106 valence electrons. The fraction of sp³-hybridized carbons (Fsp3) is 0.286. The van der Waals surface area contributed by atoms with Crippen LogP contribution in [0.25, 0.3) is 6.08 Å². The van der Waals surface area contributed by atoms with E-state index in [1.807, 2.05) is 0 Å². The molecule has 1 atom stereocenters. The first-order valence-electron chi connectivity index (χ1n) is 6.20. The second-order valence-electron chi connectivity index (χ2n) is 4.51. The van der Waals surface area contributed by atoms with Gasteiger partial charge in [0.05, 0.1) is 5.02 Å². The third-order valence-corrected chi connectivity index (χ3v) is 3.43. The lowest BCUT2D eigenvalue weighted by Gasteiger charge is -2.31. The number of amides is 2. The highest BCUT2D eigenvalue weighted by molar-refractivity contribution is 6.30. The summed E-state index contributed by atoms with van der Waals surface area (Å²) >= 11 is 5.66. The van der Waals surface area contributed by atoms with Gasteiger partial charge in [-0.15, -0.1) is 0 Å². The van der Waals surface area contributed by atoms with Crippen molar-refractivity contribution in [1.29, 1.82) is 0 Å². The zero-order valence-corrected chi connectivity index (χ0v) is 11.7. The SMILES string of the molecule is C[C@H]1C(=O)NCCN1C(=O)/C=C/c1ccc(F)c(Cl)c1. The summed E-state index contributed by atoms with van der Waals surface area (Å²) in [5, 5.41) is 2.69. The van der Waals surface area contributed by atoms with Crippen LogP contribution in [0.3, 0.4) is 0 Å². The minimum atomic E-state index is -0.503. The first kappa shape index (κ1) is 14.5. The average Bonchev–Trinajstić information content (AvgIpc) is 2.43. The zero-order valence-electron chi connectivity index (χ0n) is 10.9. The minimum Gasteiger partial charge on any atom is -0.353 e. The number of carbonyl (C=O) groups is 2. The molecule has 6 heteroatoms. The van der Waals surface area contributed by atoms with Crippen molar-refractivity contribution < 1.29 is 14.0 Å². The van der Waals surface area contributed by atoms with Crippen molar-refractivity contribution in [3.63, 3.8) is 0 Å². The fourth-order valence-corrected chi connectivity index (χ4v) is 2.15. The lowest BCUT2D eigenvalue weighted by molar-refractivity contribution is -0.139. The van der Waals surface area contributed by atoms with E-state index < -0.39 is 11.9 Å². The summed E-state index contributed by atoms with van der Waals surface area (Å²) in [6.45, 7) is 2.60. The van der Waals surface area contributed by atoms with E-state index in [4.69, 9.17) is 11.6 Å². The maximum Gasteiger partial charge on any atom is 0.247 e. The van der Waals surface area contributed by atoms with Crippen molar-refractivity contribution >= 4 is 29.5 Å². The van der Waals surface area contributed by atoms with Crippen LogP contribution in [0.2, 0.25) is 5.02 Å². The Bertz CT molecular complexity index is 574. The molecule has 1 aromatic carbocycles. The summed E-state index contributed by atoms with van der Waals surface area (Å²) in [6.07, 6.45) is 2.91. The number of nitrogens with one attached hydrogen (secondary N) is 1. The Morgan fingerprint density at radius 3 is 3.00 bits per heavy atom. The van der Waals surface area contributed by atoms with Crippen molar-refractivity contribution in [2.75, 3.05) is 13.1 Å². The van der Waals surface area contributed by atoms with Crippen LogP contribution in [0.4, 0.5) is 4.39 Å². The molecule has 1 saturated heterocycles. The van der Waals surface area contributed by atoms with Gasteiger partial charge in [0.1, 0.15) is 11.9 Å². The fourth-order valence-electron chi connectivity index (χ4n) is 1.96. The maximum absolute atomic E-state index is 13.0. The summed E-state index contributed by atoms with van der Waals surface area (Å²) in [4.78, 5) is 25.0. The predicted molar refractivity (Wildman–Crippen MR) is 74.6 cm³/mol. The molecule has 0 spiro atoms. The van der Waals surface area contributed by atoms with Crippen LogP contribution in [0.15, 0.2) is 24.3 Å². The number of rotatable bonds is 2. The Labute approximate surface area is 121 Å². The summed E-state index contributed by atoms with van der Waals surface area (Å²) in [5.41, 5.74) is 0.624. The maximum atomic E-state index is 13.0. The van der Waals surface area contributed by atoms with E-state index in [0.717, 1.165) is 0 Å². The normalized spacial score (nSPS) is 19.2. The zero-order chi connectivity index (χ0) is 14.7. The summed E-state index contributed by atoms with van der Waals surface area (Å²) in [6, 6.07) is 3.71. The van der Waals surface area contributed by atoms with Gasteiger partial charge in [-0.25, -0.2) is 4.39 Å². The van der Waals surface area contributed by atoms with Gasteiger partial charge >= 0.3 is 0 Å². The van der Waals surface area contributed by atoms with E-state index in [1.165, 1.54) is 29.2 Å². The van der Waals surface area contributed by atoms with Crippen molar-refractivity contribution in [2.24, 2.45) is 0 Å². The van der Waals surface area contributed by atoms with E-state index in [9.17, 15) is 14.0 Å². The van der Waals surface area contributed by atoms with Crippen molar-refractivity contribution in [3.05, 3.63) is 40.7 Å². The molecule has 1 fully saturated rings. The minimum absolute atomic E-state index is 0.00492. The van der Waals surface area contributed by atoms with Crippen LogP contribution in [0, 0.1) is 5.82 Å². The lowest BCUT2D eigenvalue weighted by atomic mass is 10.1. The Balaban J connectivity index is 2.08. The number of piperazine rings is 1. The molecule has 2 amide bonds. The molecule has 0 bridgehead atoms. The van der Waals surface area contributed by atoms with Crippen LogP contribution < -0.4 is 5.32 Å². The van der Waals surface area contributed by atoms with E-state index in [0.29, 0.717) is 18.7 Å². The second kappa shape index (κ2) is 6.05. The van der Waals surface area contributed by atoms with E-state index in [1.54, 1.807) is 13.0 Å². The van der Waals surface area contributed by atoms with Crippen LogP contribution in [-0.4, -0.2) is 35.8 Å². The van der Waals surface area contributed by atoms with Crippen LogP contribution in [0.1, 0.15) is 12.5 Å². The number of benzene rings is 1. The number of carbonyl (C=O) groups excluding carboxylic acids is 2. The van der Waals surface area contributed by atoms with Gasteiger partial charge in [-0.1, -0.05) is 17.7 Å². The summed E-state index contributed by atoms with van der Waals surface area (Å²) < 4.78 is 13.0. The van der Waals surface area contributed by atoms with E-state index >= 15 is 0 Å². The molecular weight excluding hydrogens is 283 g/mol. The number of hydrogen-bond donors (Lipinski definition) is 1. The molecule has 0 aliphatic carbocycles. The van der Waals surface area contributed by atoms with Gasteiger partial charge in [0.25, 0.3) is 0 Å². The number of hydrogen-bond acceptors (Lipinski definition) is 2. The van der Waals surface area contributed by atoms with Crippen molar-refractivity contribution in [2.45, 2.75) is 13.0 Å². The molecule has 1 aliphatic rings. The van der Waals surface area contributed by atoms with Gasteiger partial charge in [0.15, 0.2) is 0 Å². The van der Waals surface area contributed by atoms with Crippen molar-refractivity contribution in [3.8, 4) is 0 Å². The Kier molecular flexibility index (Phi) is 4.39. The molecular formula is C14H14ClFN2O2. The highest BCUT2D eigenvalue weighted by Gasteiger charge is 2.27. The third-order valence-electron chi connectivity index (χ3n) is 3.14.